The summed E-state index contributed by atoms with van der Waals surface area (Å²) in [6.07, 6.45) is 3.69. The SMILES string of the molecule is CC(C)CCCOCC(O)CNCc1ccn(C)n1. The first kappa shape index (κ1) is 16.1. The van der Waals surface area contributed by atoms with Crippen molar-refractivity contribution in [2.45, 2.75) is 39.3 Å². The van der Waals surface area contributed by atoms with Gasteiger partial charge in [0.1, 0.15) is 0 Å². The van der Waals surface area contributed by atoms with Crippen LogP contribution in [0.4, 0.5) is 0 Å². The zero-order chi connectivity index (χ0) is 14.1. The van der Waals surface area contributed by atoms with Crippen LogP contribution in [0.3, 0.4) is 0 Å². The molecule has 1 heterocycles. The van der Waals surface area contributed by atoms with Gasteiger partial charge in [0.25, 0.3) is 0 Å². The van der Waals surface area contributed by atoms with Crippen molar-refractivity contribution >= 4 is 0 Å². The maximum absolute atomic E-state index is 9.73. The van der Waals surface area contributed by atoms with Crippen molar-refractivity contribution in [3.05, 3.63) is 18.0 Å². The fourth-order valence-electron chi connectivity index (χ4n) is 1.80. The van der Waals surface area contributed by atoms with Crippen molar-refractivity contribution in [3.63, 3.8) is 0 Å². The van der Waals surface area contributed by atoms with E-state index in [9.17, 15) is 5.11 Å². The lowest BCUT2D eigenvalue weighted by atomic mass is 10.1. The molecule has 5 nitrogen and oxygen atoms in total. The fraction of sp³-hybridized carbons (Fsp3) is 0.786. The molecule has 1 atom stereocenters. The zero-order valence-corrected chi connectivity index (χ0v) is 12.3. The van der Waals surface area contributed by atoms with Gasteiger partial charge in [0.2, 0.25) is 0 Å². The fourth-order valence-corrected chi connectivity index (χ4v) is 1.80. The number of aliphatic hydroxyl groups excluding tert-OH is 1. The third-order valence-corrected chi connectivity index (χ3v) is 2.84. The molecule has 1 aromatic rings. The maximum atomic E-state index is 9.73. The molecule has 110 valence electrons. The van der Waals surface area contributed by atoms with Crippen LogP contribution in [0.5, 0.6) is 0 Å². The van der Waals surface area contributed by atoms with Gasteiger partial charge >= 0.3 is 0 Å². The van der Waals surface area contributed by atoms with Crippen LogP contribution in [0.25, 0.3) is 0 Å². The molecular weight excluding hydrogens is 242 g/mol. The summed E-state index contributed by atoms with van der Waals surface area (Å²) in [6.45, 7) is 6.74. The summed E-state index contributed by atoms with van der Waals surface area (Å²) in [5, 5.41) is 17.1. The van der Waals surface area contributed by atoms with Gasteiger partial charge in [0, 0.05) is 32.9 Å². The van der Waals surface area contributed by atoms with Crippen molar-refractivity contribution in [2.75, 3.05) is 19.8 Å². The van der Waals surface area contributed by atoms with Crippen LogP contribution in [0.2, 0.25) is 0 Å². The van der Waals surface area contributed by atoms with Crippen molar-refractivity contribution in [3.8, 4) is 0 Å². The lowest BCUT2D eigenvalue weighted by Crippen LogP contribution is -2.30. The van der Waals surface area contributed by atoms with E-state index in [-0.39, 0.29) is 0 Å². The highest BCUT2D eigenvalue weighted by Gasteiger charge is 2.04. The van der Waals surface area contributed by atoms with Gasteiger partial charge in [0.15, 0.2) is 0 Å². The first-order valence-electron chi connectivity index (χ1n) is 7.03. The van der Waals surface area contributed by atoms with Gasteiger partial charge in [-0.1, -0.05) is 13.8 Å². The van der Waals surface area contributed by atoms with Crippen LogP contribution in [-0.4, -0.2) is 40.7 Å². The average Bonchev–Trinajstić information content (AvgIpc) is 2.74. The summed E-state index contributed by atoms with van der Waals surface area (Å²) >= 11 is 0. The summed E-state index contributed by atoms with van der Waals surface area (Å²) in [5.41, 5.74) is 0.979. The van der Waals surface area contributed by atoms with Crippen molar-refractivity contribution in [1.29, 1.82) is 0 Å². The predicted octanol–water partition coefficient (Wildman–Crippen LogP) is 1.32. The van der Waals surface area contributed by atoms with Crippen molar-refractivity contribution in [1.82, 2.24) is 15.1 Å². The smallest absolute Gasteiger partial charge is 0.0897 e. The van der Waals surface area contributed by atoms with Gasteiger partial charge < -0.3 is 15.2 Å². The van der Waals surface area contributed by atoms with Gasteiger partial charge in [-0.25, -0.2) is 0 Å². The zero-order valence-electron chi connectivity index (χ0n) is 12.3. The highest BCUT2D eigenvalue weighted by Crippen LogP contribution is 2.03. The molecule has 0 saturated heterocycles. The highest BCUT2D eigenvalue weighted by atomic mass is 16.5. The number of nitrogens with zero attached hydrogens (tertiary/aromatic N) is 2. The first-order valence-corrected chi connectivity index (χ1v) is 7.03. The van der Waals surface area contributed by atoms with E-state index >= 15 is 0 Å². The molecule has 0 aliphatic rings. The second kappa shape index (κ2) is 9.07. The van der Waals surface area contributed by atoms with Gasteiger partial charge in [-0.3, -0.25) is 4.68 Å². The summed E-state index contributed by atoms with van der Waals surface area (Å²) < 4.78 is 7.21. The third kappa shape index (κ3) is 7.97. The van der Waals surface area contributed by atoms with E-state index in [1.807, 2.05) is 19.3 Å². The predicted molar refractivity (Wildman–Crippen MR) is 75.8 cm³/mol. The molecule has 0 radical (unpaired) electrons. The number of hydrogen-bond donors (Lipinski definition) is 2. The standard InChI is InChI=1S/C14H27N3O2/c1-12(2)5-4-8-19-11-14(18)10-15-9-13-6-7-17(3)16-13/h6-7,12,14-15,18H,4-5,8-11H2,1-3H3. The normalized spacial score (nSPS) is 13.1. The largest absolute Gasteiger partial charge is 0.389 e. The van der Waals surface area contributed by atoms with Crippen LogP contribution in [0, 0.1) is 5.92 Å². The van der Waals surface area contributed by atoms with E-state index in [0.29, 0.717) is 25.6 Å². The topological polar surface area (TPSA) is 59.3 Å². The minimum absolute atomic E-state index is 0.396. The molecule has 0 saturated carbocycles. The number of ether oxygens (including phenoxy) is 1. The molecule has 0 aliphatic carbocycles. The van der Waals surface area contributed by atoms with Crippen LogP contribution in [0.15, 0.2) is 12.3 Å². The molecule has 2 N–H and O–H groups in total. The molecule has 0 aliphatic heterocycles. The molecule has 19 heavy (non-hydrogen) atoms. The monoisotopic (exact) mass is 269 g/mol. The van der Waals surface area contributed by atoms with E-state index in [1.54, 1.807) is 4.68 Å². The number of aryl methyl sites for hydroxylation is 1. The molecular formula is C14H27N3O2. The van der Waals surface area contributed by atoms with E-state index in [1.165, 1.54) is 6.42 Å². The van der Waals surface area contributed by atoms with Crippen LogP contribution in [0.1, 0.15) is 32.4 Å². The molecule has 1 aromatic heterocycles. The van der Waals surface area contributed by atoms with Crippen molar-refractivity contribution < 1.29 is 9.84 Å². The number of rotatable bonds is 10. The summed E-state index contributed by atoms with van der Waals surface area (Å²) in [4.78, 5) is 0. The molecule has 1 rings (SSSR count). The van der Waals surface area contributed by atoms with E-state index < -0.39 is 6.10 Å². The minimum Gasteiger partial charge on any atom is -0.389 e. The molecule has 0 bridgehead atoms. The molecule has 0 spiro atoms. The van der Waals surface area contributed by atoms with Gasteiger partial charge in [-0.15, -0.1) is 0 Å². The lowest BCUT2D eigenvalue weighted by molar-refractivity contribution is 0.0346. The Balaban J connectivity index is 1.97. The first-order chi connectivity index (χ1) is 9.08. The Morgan fingerprint density at radius 1 is 1.47 bits per heavy atom. The minimum atomic E-state index is -0.456. The second-order valence-corrected chi connectivity index (χ2v) is 5.38. The molecule has 0 aromatic carbocycles. The number of nitrogens with one attached hydrogen (secondary N) is 1. The van der Waals surface area contributed by atoms with Gasteiger partial charge in [0.05, 0.1) is 18.4 Å². The van der Waals surface area contributed by atoms with Gasteiger partial charge in [-0.05, 0) is 24.8 Å². The van der Waals surface area contributed by atoms with E-state index in [0.717, 1.165) is 18.7 Å². The summed E-state index contributed by atoms with van der Waals surface area (Å²) in [7, 11) is 1.89. The summed E-state index contributed by atoms with van der Waals surface area (Å²) in [5.74, 6) is 0.716. The molecule has 0 fully saturated rings. The van der Waals surface area contributed by atoms with E-state index in [2.05, 4.69) is 24.3 Å². The number of hydrogen-bond acceptors (Lipinski definition) is 4. The Morgan fingerprint density at radius 3 is 2.89 bits per heavy atom. The molecule has 0 amide bonds. The Bertz CT molecular complexity index is 339. The molecule has 5 heteroatoms. The Morgan fingerprint density at radius 2 is 2.26 bits per heavy atom. The number of aliphatic hydroxyl groups is 1. The quantitative estimate of drug-likeness (QED) is 0.629. The average molecular weight is 269 g/mol. The Labute approximate surface area is 116 Å². The highest BCUT2D eigenvalue weighted by molar-refractivity contribution is 4.97. The number of aromatic nitrogens is 2. The Kier molecular flexibility index (Phi) is 7.70. The third-order valence-electron chi connectivity index (χ3n) is 2.84. The maximum Gasteiger partial charge on any atom is 0.0897 e. The van der Waals surface area contributed by atoms with Crippen LogP contribution in [-0.2, 0) is 18.3 Å². The molecule has 1 unspecified atom stereocenters. The Hall–Kier alpha value is -0.910. The summed E-state index contributed by atoms with van der Waals surface area (Å²) in [6, 6.07) is 1.96. The van der Waals surface area contributed by atoms with Crippen LogP contribution < -0.4 is 5.32 Å². The van der Waals surface area contributed by atoms with Crippen LogP contribution >= 0.6 is 0 Å². The lowest BCUT2D eigenvalue weighted by Gasteiger charge is -2.12. The van der Waals surface area contributed by atoms with Gasteiger partial charge in [-0.2, -0.15) is 5.10 Å². The second-order valence-electron chi connectivity index (χ2n) is 5.38. The van der Waals surface area contributed by atoms with Crippen molar-refractivity contribution in [2.24, 2.45) is 13.0 Å². The van der Waals surface area contributed by atoms with E-state index in [4.69, 9.17) is 4.74 Å².